The van der Waals surface area contributed by atoms with E-state index < -0.39 is 13.0 Å². The van der Waals surface area contributed by atoms with E-state index in [0.717, 1.165) is 17.1 Å². The van der Waals surface area contributed by atoms with E-state index in [1.807, 2.05) is 27.0 Å². The highest BCUT2D eigenvalue weighted by Gasteiger charge is 2.15. The fourth-order valence-corrected chi connectivity index (χ4v) is 1.58. The van der Waals surface area contributed by atoms with Crippen LogP contribution in [0.15, 0.2) is 10.5 Å². The quantitative estimate of drug-likeness (QED) is 0.752. The second-order valence-electron chi connectivity index (χ2n) is 3.98. The Labute approximate surface area is 100 Å². The number of alkyl halides is 2. The second kappa shape index (κ2) is 6.71. The zero-order valence-electron chi connectivity index (χ0n) is 10.4. The number of rotatable bonds is 7. The Balaban J connectivity index is 2.43. The van der Waals surface area contributed by atoms with Gasteiger partial charge < -0.3 is 14.5 Å². The van der Waals surface area contributed by atoms with Crippen molar-refractivity contribution in [1.29, 1.82) is 0 Å². The van der Waals surface area contributed by atoms with Gasteiger partial charge in [-0.1, -0.05) is 0 Å². The van der Waals surface area contributed by atoms with Crippen LogP contribution in [0.25, 0.3) is 0 Å². The van der Waals surface area contributed by atoms with Crippen LogP contribution in [0.1, 0.15) is 29.5 Å². The summed E-state index contributed by atoms with van der Waals surface area (Å²) in [6.07, 6.45) is -1.80. The first kappa shape index (κ1) is 14.1. The van der Waals surface area contributed by atoms with Gasteiger partial charge in [0.2, 0.25) is 0 Å². The monoisotopic (exact) mass is 247 g/mol. The summed E-state index contributed by atoms with van der Waals surface area (Å²) in [6, 6.07) is 1.96. The molecule has 17 heavy (non-hydrogen) atoms. The molecule has 1 aromatic heterocycles. The summed E-state index contributed by atoms with van der Waals surface area (Å²) >= 11 is 0. The largest absolute Gasteiger partial charge is 0.464 e. The van der Waals surface area contributed by atoms with Gasteiger partial charge in [0, 0.05) is 6.61 Å². The van der Waals surface area contributed by atoms with Crippen LogP contribution in [0.2, 0.25) is 0 Å². The maximum Gasteiger partial charge on any atom is 0.261 e. The Kier molecular flexibility index (Phi) is 5.58. The maximum absolute atomic E-state index is 11.9. The van der Waals surface area contributed by atoms with Crippen molar-refractivity contribution in [3.8, 4) is 0 Å². The van der Waals surface area contributed by atoms with Gasteiger partial charge in [-0.2, -0.15) is 0 Å². The average Bonchev–Trinajstić information content (AvgIpc) is 2.59. The zero-order chi connectivity index (χ0) is 12.8. The van der Waals surface area contributed by atoms with Crippen molar-refractivity contribution >= 4 is 0 Å². The van der Waals surface area contributed by atoms with Crippen LogP contribution in [-0.2, 0) is 4.74 Å². The molecule has 0 aliphatic carbocycles. The highest BCUT2D eigenvalue weighted by Crippen LogP contribution is 2.22. The van der Waals surface area contributed by atoms with Gasteiger partial charge in [-0.25, -0.2) is 8.78 Å². The lowest BCUT2D eigenvalue weighted by atomic mass is 10.1. The smallest absolute Gasteiger partial charge is 0.261 e. The molecule has 0 saturated carbocycles. The maximum atomic E-state index is 11.9. The molecule has 1 rings (SSSR count). The van der Waals surface area contributed by atoms with E-state index in [9.17, 15) is 8.78 Å². The molecule has 0 aromatic carbocycles. The Bertz CT molecular complexity index is 320. The van der Waals surface area contributed by atoms with Gasteiger partial charge in [0.15, 0.2) is 0 Å². The molecule has 0 aliphatic rings. The highest BCUT2D eigenvalue weighted by molar-refractivity contribution is 5.20. The molecular formula is C12H19F2NO2. The molecule has 0 aliphatic heterocycles. The summed E-state index contributed by atoms with van der Waals surface area (Å²) in [5.41, 5.74) is 1.09. The summed E-state index contributed by atoms with van der Waals surface area (Å²) < 4.78 is 34.2. The highest BCUT2D eigenvalue weighted by atomic mass is 19.3. The number of aryl methyl sites for hydroxylation is 2. The van der Waals surface area contributed by atoms with E-state index in [4.69, 9.17) is 9.15 Å². The predicted molar refractivity (Wildman–Crippen MR) is 61.4 cm³/mol. The average molecular weight is 247 g/mol. The van der Waals surface area contributed by atoms with E-state index in [1.165, 1.54) is 0 Å². The normalized spacial score (nSPS) is 13.3. The number of hydrogen-bond donors (Lipinski definition) is 1. The molecule has 0 radical (unpaired) electrons. The predicted octanol–water partition coefficient (Wildman–Crippen LogP) is 2.83. The van der Waals surface area contributed by atoms with Gasteiger partial charge in [0.05, 0.1) is 6.04 Å². The van der Waals surface area contributed by atoms with Crippen molar-refractivity contribution in [2.45, 2.75) is 32.7 Å². The molecule has 0 bridgehead atoms. The lowest BCUT2D eigenvalue weighted by Crippen LogP contribution is -2.18. The fourth-order valence-electron chi connectivity index (χ4n) is 1.58. The van der Waals surface area contributed by atoms with Crippen LogP contribution in [-0.4, -0.2) is 26.7 Å². The van der Waals surface area contributed by atoms with Crippen LogP contribution in [0.5, 0.6) is 0 Å². The van der Waals surface area contributed by atoms with Crippen molar-refractivity contribution in [3.63, 3.8) is 0 Å². The molecule has 1 atom stereocenters. The second-order valence-corrected chi connectivity index (χ2v) is 3.98. The first-order valence-corrected chi connectivity index (χ1v) is 5.64. The molecule has 1 heterocycles. The molecule has 3 nitrogen and oxygen atoms in total. The summed E-state index contributed by atoms with van der Waals surface area (Å²) in [6.45, 7) is 3.66. The molecule has 0 saturated heterocycles. The van der Waals surface area contributed by atoms with Gasteiger partial charge in [-0.05, 0) is 38.9 Å². The number of ether oxygens (including phenoxy) is 1. The standard InChI is InChI=1S/C12H19F2NO2/c1-8-6-11(17-9(8)2)10(15-3)4-5-16-7-12(13)14/h6,10,12,15H,4-5,7H2,1-3H3. The van der Waals surface area contributed by atoms with E-state index in [-0.39, 0.29) is 12.6 Å². The van der Waals surface area contributed by atoms with Crippen molar-refractivity contribution in [2.75, 3.05) is 20.3 Å². The van der Waals surface area contributed by atoms with Crippen LogP contribution in [0.3, 0.4) is 0 Å². The van der Waals surface area contributed by atoms with Crippen molar-refractivity contribution in [2.24, 2.45) is 0 Å². The first-order valence-electron chi connectivity index (χ1n) is 5.64. The summed E-state index contributed by atoms with van der Waals surface area (Å²) in [7, 11) is 1.81. The molecule has 1 unspecified atom stereocenters. The number of halogens is 2. The Morgan fingerprint density at radius 2 is 2.12 bits per heavy atom. The minimum Gasteiger partial charge on any atom is -0.464 e. The van der Waals surface area contributed by atoms with E-state index in [0.29, 0.717) is 6.42 Å². The SMILES string of the molecule is CNC(CCOCC(F)F)c1cc(C)c(C)o1. The molecule has 1 N–H and O–H groups in total. The van der Waals surface area contributed by atoms with Crippen LogP contribution < -0.4 is 5.32 Å². The molecule has 0 spiro atoms. The molecule has 1 aromatic rings. The third kappa shape index (κ3) is 4.44. The van der Waals surface area contributed by atoms with Crippen LogP contribution in [0, 0.1) is 13.8 Å². The molecule has 98 valence electrons. The van der Waals surface area contributed by atoms with E-state index in [1.54, 1.807) is 0 Å². The molecule has 0 fully saturated rings. The fraction of sp³-hybridized carbons (Fsp3) is 0.667. The Morgan fingerprint density at radius 3 is 2.59 bits per heavy atom. The lowest BCUT2D eigenvalue weighted by Gasteiger charge is -2.13. The number of nitrogens with one attached hydrogen (secondary N) is 1. The van der Waals surface area contributed by atoms with Gasteiger partial charge in [0.25, 0.3) is 6.43 Å². The summed E-state index contributed by atoms with van der Waals surface area (Å²) in [5, 5.41) is 3.09. The molecule has 5 heteroatoms. The van der Waals surface area contributed by atoms with Gasteiger partial charge >= 0.3 is 0 Å². The number of hydrogen-bond acceptors (Lipinski definition) is 3. The molecular weight excluding hydrogens is 228 g/mol. The zero-order valence-corrected chi connectivity index (χ0v) is 10.4. The van der Waals surface area contributed by atoms with Gasteiger partial charge in [0.1, 0.15) is 18.1 Å². The Hall–Kier alpha value is -0.940. The van der Waals surface area contributed by atoms with Gasteiger partial charge in [-0.3, -0.25) is 0 Å². The van der Waals surface area contributed by atoms with Crippen molar-refractivity contribution in [1.82, 2.24) is 5.32 Å². The third-order valence-corrected chi connectivity index (χ3v) is 2.67. The minimum absolute atomic E-state index is 0.0000671. The van der Waals surface area contributed by atoms with Crippen LogP contribution in [0.4, 0.5) is 8.78 Å². The summed E-state index contributed by atoms with van der Waals surface area (Å²) in [5.74, 6) is 1.71. The lowest BCUT2D eigenvalue weighted by molar-refractivity contribution is 0.0140. The van der Waals surface area contributed by atoms with Crippen LogP contribution >= 0.6 is 0 Å². The Morgan fingerprint density at radius 1 is 1.41 bits per heavy atom. The van der Waals surface area contributed by atoms with Crippen molar-refractivity contribution in [3.05, 3.63) is 23.2 Å². The minimum atomic E-state index is -2.41. The topological polar surface area (TPSA) is 34.4 Å². The molecule has 0 amide bonds. The number of furan rings is 1. The van der Waals surface area contributed by atoms with E-state index in [2.05, 4.69) is 5.32 Å². The van der Waals surface area contributed by atoms with Gasteiger partial charge in [-0.15, -0.1) is 0 Å². The summed E-state index contributed by atoms with van der Waals surface area (Å²) in [4.78, 5) is 0. The van der Waals surface area contributed by atoms with Crippen molar-refractivity contribution < 1.29 is 17.9 Å². The third-order valence-electron chi connectivity index (χ3n) is 2.67. The first-order chi connectivity index (χ1) is 8.04. The van der Waals surface area contributed by atoms with E-state index >= 15 is 0 Å².